The van der Waals surface area contributed by atoms with E-state index in [0.717, 1.165) is 0 Å². The zero-order valence-corrected chi connectivity index (χ0v) is 13.7. The molecule has 0 saturated carbocycles. The number of ether oxygens (including phenoxy) is 2. The third kappa shape index (κ3) is 3.69. The Bertz CT molecular complexity index is 858. The number of amides is 2. The van der Waals surface area contributed by atoms with Crippen LogP contribution in [0.15, 0.2) is 17.1 Å². The lowest BCUT2D eigenvalue weighted by Crippen LogP contribution is -2.51. The Morgan fingerprint density at radius 3 is 3.12 bits per heavy atom. The van der Waals surface area contributed by atoms with Gasteiger partial charge in [-0.05, 0) is 13.3 Å². The van der Waals surface area contributed by atoms with Crippen molar-refractivity contribution in [3.8, 4) is 0 Å². The predicted molar refractivity (Wildman–Crippen MR) is 86.2 cm³/mol. The van der Waals surface area contributed by atoms with Gasteiger partial charge in [0.2, 0.25) is 5.91 Å². The van der Waals surface area contributed by atoms with Crippen LogP contribution in [0.4, 0.5) is 0 Å². The first-order valence-electron chi connectivity index (χ1n) is 7.81. The minimum atomic E-state index is -0.571. The Labute approximate surface area is 142 Å². The summed E-state index contributed by atoms with van der Waals surface area (Å²) in [6.45, 7) is 2.24. The Balaban J connectivity index is 1.77. The predicted octanol–water partition coefficient (Wildman–Crippen LogP) is -1.28. The Morgan fingerprint density at radius 2 is 2.36 bits per heavy atom. The van der Waals surface area contributed by atoms with Crippen molar-refractivity contribution in [1.29, 1.82) is 0 Å². The zero-order chi connectivity index (χ0) is 18.0. The number of fused-ring (bicyclic) bond motifs is 1. The van der Waals surface area contributed by atoms with Gasteiger partial charge in [0.15, 0.2) is 5.65 Å². The molecule has 2 atom stereocenters. The average Bonchev–Trinajstić information content (AvgIpc) is 2.95. The summed E-state index contributed by atoms with van der Waals surface area (Å²) in [6.07, 6.45) is 1.59. The van der Waals surface area contributed by atoms with Crippen LogP contribution in [0.5, 0.6) is 0 Å². The van der Waals surface area contributed by atoms with Gasteiger partial charge in [-0.2, -0.15) is 0 Å². The van der Waals surface area contributed by atoms with Gasteiger partial charge in [-0.15, -0.1) is 0 Å². The first kappa shape index (κ1) is 17.1. The number of H-pyrrole nitrogens is 1. The molecule has 2 aromatic rings. The van der Waals surface area contributed by atoms with E-state index in [-0.39, 0.29) is 30.8 Å². The smallest absolute Gasteiger partial charge is 0.266 e. The second-order valence-electron chi connectivity index (χ2n) is 5.83. The number of primary amides is 1. The van der Waals surface area contributed by atoms with Gasteiger partial charge in [-0.1, -0.05) is 0 Å². The molecule has 134 valence electrons. The van der Waals surface area contributed by atoms with Gasteiger partial charge in [-0.3, -0.25) is 19.5 Å². The maximum absolute atomic E-state index is 12.6. The Kier molecular flexibility index (Phi) is 4.81. The molecule has 0 spiro atoms. The quantitative estimate of drug-likeness (QED) is 0.614. The number of carbonyl (C=O) groups is 2. The number of nitrogens with zero attached hydrogens (tertiary/aromatic N) is 2. The standard InChI is InChI=1S/C15H19N5O5/c1-8-9(5-17-13-4-14(22)19-20(8)13)15(23)18-10-6-24-3-2-11(10)25-7-12(16)21/h4-5,10-11H,2-3,6-7H2,1H3,(H2,16,21)(H,18,23)(H,19,22)/t10-,11+/m1/s1. The largest absolute Gasteiger partial charge is 0.379 e. The van der Waals surface area contributed by atoms with Gasteiger partial charge in [-0.25, -0.2) is 9.50 Å². The fraction of sp³-hybridized carbons (Fsp3) is 0.467. The van der Waals surface area contributed by atoms with Crippen LogP contribution in [-0.4, -0.2) is 58.4 Å². The molecule has 1 fully saturated rings. The number of rotatable bonds is 5. The van der Waals surface area contributed by atoms with Crippen LogP contribution in [-0.2, 0) is 14.3 Å². The third-order valence-corrected chi connectivity index (χ3v) is 4.06. The SMILES string of the molecule is Cc1c(C(=O)N[C@@H]2COCC[C@@H]2OCC(N)=O)cnc2cc(=O)[nH]n12. The molecule has 10 nitrogen and oxygen atoms in total. The first-order valence-corrected chi connectivity index (χ1v) is 7.81. The summed E-state index contributed by atoms with van der Waals surface area (Å²) in [5.74, 6) is -0.941. The van der Waals surface area contributed by atoms with E-state index < -0.39 is 11.9 Å². The molecule has 1 aliphatic heterocycles. The molecule has 0 aliphatic carbocycles. The highest BCUT2D eigenvalue weighted by atomic mass is 16.5. The summed E-state index contributed by atoms with van der Waals surface area (Å²) in [5.41, 5.74) is 6.11. The molecular formula is C15H19N5O5. The van der Waals surface area contributed by atoms with E-state index in [1.165, 1.54) is 16.8 Å². The molecule has 10 heteroatoms. The highest BCUT2D eigenvalue weighted by molar-refractivity contribution is 5.95. The van der Waals surface area contributed by atoms with Crippen molar-refractivity contribution in [2.75, 3.05) is 19.8 Å². The number of aryl methyl sites for hydroxylation is 1. The molecule has 2 aromatic heterocycles. The summed E-state index contributed by atoms with van der Waals surface area (Å²) in [4.78, 5) is 39.0. The van der Waals surface area contributed by atoms with Crippen molar-refractivity contribution < 1.29 is 19.1 Å². The second-order valence-corrected chi connectivity index (χ2v) is 5.83. The molecule has 3 rings (SSSR count). The van der Waals surface area contributed by atoms with Crippen molar-refractivity contribution in [1.82, 2.24) is 19.9 Å². The third-order valence-electron chi connectivity index (χ3n) is 4.06. The molecule has 3 heterocycles. The van der Waals surface area contributed by atoms with E-state index in [2.05, 4.69) is 15.4 Å². The molecule has 0 radical (unpaired) electrons. The van der Waals surface area contributed by atoms with E-state index in [9.17, 15) is 14.4 Å². The van der Waals surface area contributed by atoms with E-state index in [4.69, 9.17) is 15.2 Å². The maximum Gasteiger partial charge on any atom is 0.266 e. The number of hydrogen-bond donors (Lipinski definition) is 3. The van der Waals surface area contributed by atoms with Gasteiger partial charge in [0, 0.05) is 18.9 Å². The van der Waals surface area contributed by atoms with Crippen molar-refractivity contribution in [3.05, 3.63) is 33.9 Å². The summed E-state index contributed by atoms with van der Waals surface area (Å²) < 4.78 is 12.3. The van der Waals surface area contributed by atoms with Gasteiger partial charge in [0.05, 0.1) is 30.0 Å². The van der Waals surface area contributed by atoms with E-state index in [1.54, 1.807) is 6.92 Å². The van der Waals surface area contributed by atoms with Crippen LogP contribution in [0.1, 0.15) is 22.5 Å². The number of aromatic amines is 1. The van der Waals surface area contributed by atoms with Crippen molar-refractivity contribution in [2.24, 2.45) is 5.73 Å². The Hall–Kier alpha value is -2.72. The van der Waals surface area contributed by atoms with Gasteiger partial charge >= 0.3 is 0 Å². The van der Waals surface area contributed by atoms with Crippen molar-refractivity contribution in [2.45, 2.75) is 25.5 Å². The monoisotopic (exact) mass is 349 g/mol. The summed E-state index contributed by atoms with van der Waals surface area (Å²) >= 11 is 0. The van der Waals surface area contributed by atoms with Crippen LogP contribution in [0.2, 0.25) is 0 Å². The molecule has 25 heavy (non-hydrogen) atoms. The molecule has 0 aromatic carbocycles. The van der Waals surface area contributed by atoms with E-state index in [1.807, 2.05) is 0 Å². The molecule has 1 saturated heterocycles. The molecule has 1 aliphatic rings. The van der Waals surface area contributed by atoms with Crippen LogP contribution in [0, 0.1) is 6.92 Å². The fourth-order valence-corrected chi connectivity index (χ4v) is 2.79. The number of aromatic nitrogens is 3. The van der Waals surface area contributed by atoms with Crippen LogP contribution in [0.3, 0.4) is 0 Å². The molecule has 2 amide bonds. The zero-order valence-electron chi connectivity index (χ0n) is 13.7. The highest BCUT2D eigenvalue weighted by Gasteiger charge is 2.29. The molecular weight excluding hydrogens is 330 g/mol. The van der Waals surface area contributed by atoms with Crippen molar-refractivity contribution >= 4 is 17.5 Å². The normalized spacial score (nSPS) is 20.5. The molecule has 0 unspecified atom stereocenters. The van der Waals surface area contributed by atoms with E-state index in [0.29, 0.717) is 29.9 Å². The number of nitrogens with one attached hydrogen (secondary N) is 2. The lowest BCUT2D eigenvalue weighted by molar-refractivity contribution is -0.128. The van der Waals surface area contributed by atoms with Crippen molar-refractivity contribution in [3.63, 3.8) is 0 Å². The summed E-state index contributed by atoms with van der Waals surface area (Å²) in [5, 5.41) is 5.42. The number of nitrogens with two attached hydrogens (primary N) is 1. The fourth-order valence-electron chi connectivity index (χ4n) is 2.79. The maximum atomic E-state index is 12.6. The lowest BCUT2D eigenvalue weighted by atomic mass is 10.1. The van der Waals surface area contributed by atoms with Crippen LogP contribution in [0.25, 0.3) is 5.65 Å². The first-order chi connectivity index (χ1) is 12.0. The van der Waals surface area contributed by atoms with Gasteiger partial charge in [0.25, 0.3) is 11.5 Å². The Morgan fingerprint density at radius 1 is 1.56 bits per heavy atom. The highest BCUT2D eigenvalue weighted by Crippen LogP contribution is 2.14. The molecule has 0 bridgehead atoms. The van der Waals surface area contributed by atoms with Crippen LogP contribution >= 0.6 is 0 Å². The number of hydrogen-bond acceptors (Lipinski definition) is 6. The second kappa shape index (κ2) is 7.03. The van der Waals surface area contributed by atoms with Gasteiger partial charge in [0.1, 0.15) is 6.61 Å². The number of carbonyl (C=O) groups excluding carboxylic acids is 2. The molecule has 4 N–H and O–H groups in total. The average molecular weight is 349 g/mol. The minimum absolute atomic E-state index is 0.214. The van der Waals surface area contributed by atoms with Gasteiger partial charge < -0.3 is 20.5 Å². The minimum Gasteiger partial charge on any atom is -0.379 e. The van der Waals surface area contributed by atoms with E-state index >= 15 is 0 Å². The topological polar surface area (TPSA) is 141 Å². The summed E-state index contributed by atoms with van der Waals surface area (Å²) in [6, 6.07) is 0.927. The summed E-state index contributed by atoms with van der Waals surface area (Å²) in [7, 11) is 0. The van der Waals surface area contributed by atoms with Crippen LogP contribution < -0.4 is 16.6 Å². The lowest BCUT2D eigenvalue weighted by Gasteiger charge is -2.31.